The number of para-hydroxylation sites is 2. The van der Waals surface area contributed by atoms with Gasteiger partial charge in [-0.2, -0.15) is 0 Å². The second-order valence-electron chi connectivity index (χ2n) is 5.78. The van der Waals surface area contributed by atoms with Crippen molar-refractivity contribution < 1.29 is 0 Å². The number of aryl methyl sites for hydroxylation is 1. The Kier molecular flexibility index (Phi) is 4.59. The zero-order valence-electron chi connectivity index (χ0n) is 12.5. The second kappa shape index (κ2) is 6.20. The molecule has 0 spiro atoms. The standard InChI is InChI=1S/C16H25N3/c1-12(2)17-10-9-13(3)11-16-18-14-7-5-6-8-15(14)19(16)4/h5-8,12-13,17H,9-11H2,1-4H3. The quantitative estimate of drug-likeness (QED) is 0.863. The molecular formula is C16H25N3. The predicted octanol–water partition coefficient (Wildman–Crippen LogP) is 3.14. The van der Waals surface area contributed by atoms with Gasteiger partial charge in [0.05, 0.1) is 11.0 Å². The third-order valence-electron chi connectivity index (χ3n) is 3.60. The van der Waals surface area contributed by atoms with Gasteiger partial charge in [0.25, 0.3) is 0 Å². The second-order valence-corrected chi connectivity index (χ2v) is 5.78. The summed E-state index contributed by atoms with van der Waals surface area (Å²) in [7, 11) is 2.11. The van der Waals surface area contributed by atoms with Gasteiger partial charge in [-0.25, -0.2) is 4.98 Å². The average Bonchev–Trinajstić information content (AvgIpc) is 2.66. The lowest BCUT2D eigenvalue weighted by Gasteiger charge is -2.13. The Bertz CT molecular complexity index is 528. The highest BCUT2D eigenvalue weighted by atomic mass is 15.1. The third-order valence-corrected chi connectivity index (χ3v) is 3.60. The third kappa shape index (κ3) is 3.57. The summed E-state index contributed by atoms with van der Waals surface area (Å²) in [4.78, 5) is 4.74. The minimum Gasteiger partial charge on any atom is -0.331 e. The number of benzene rings is 1. The molecule has 1 heterocycles. The average molecular weight is 259 g/mol. The molecule has 1 aromatic heterocycles. The van der Waals surface area contributed by atoms with Crippen LogP contribution in [0.15, 0.2) is 24.3 Å². The zero-order valence-corrected chi connectivity index (χ0v) is 12.5. The van der Waals surface area contributed by atoms with Crippen LogP contribution in [0, 0.1) is 5.92 Å². The van der Waals surface area contributed by atoms with Crippen LogP contribution in [0.4, 0.5) is 0 Å². The summed E-state index contributed by atoms with van der Waals surface area (Å²) in [6, 6.07) is 8.92. The van der Waals surface area contributed by atoms with E-state index in [0.717, 1.165) is 18.5 Å². The Morgan fingerprint density at radius 3 is 2.63 bits per heavy atom. The van der Waals surface area contributed by atoms with E-state index in [4.69, 9.17) is 4.98 Å². The molecule has 3 heteroatoms. The van der Waals surface area contributed by atoms with Crippen LogP contribution in [-0.2, 0) is 13.5 Å². The van der Waals surface area contributed by atoms with Crippen molar-refractivity contribution in [3.8, 4) is 0 Å². The number of fused-ring (bicyclic) bond motifs is 1. The van der Waals surface area contributed by atoms with Crippen molar-refractivity contribution in [3.05, 3.63) is 30.1 Å². The van der Waals surface area contributed by atoms with E-state index in [1.807, 2.05) is 0 Å². The number of imidazole rings is 1. The fourth-order valence-electron chi connectivity index (χ4n) is 2.41. The SMILES string of the molecule is CC(CCNC(C)C)Cc1nc2ccccc2n1C. The summed E-state index contributed by atoms with van der Waals surface area (Å²) in [5, 5.41) is 3.48. The molecule has 0 saturated carbocycles. The van der Waals surface area contributed by atoms with Gasteiger partial charge >= 0.3 is 0 Å². The molecule has 1 N–H and O–H groups in total. The summed E-state index contributed by atoms with van der Waals surface area (Å²) in [6.07, 6.45) is 2.24. The lowest BCUT2D eigenvalue weighted by Crippen LogP contribution is -2.25. The highest BCUT2D eigenvalue weighted by Gasteiger charge is 2.11. The van der Waals surface area contributed by atoms with Crippen LogP contribution >= 0.6 is 0 Å². The summed E-state index contributed by atoms with van der Waals surface area (Å²) >= 11 is 0. The summed E-state index contributed by atoms with van der Waals surface area (Å²) in [6.45, 7) is 7.77. The molecule has 0 radical (unpaired) electrons. The monoisotopic (exact) mass is 259 g/mol. The maximum absolute atomic E-state index is 4.74. The van der Waals surface area contributed by atoms with Crippen LogP contribution in [0.1, 0.15) is 33.0 Å². The van der Waals surface area contributed by atoms with Gasteiger partial charge in [0.1, 0.15) is 5.82 Å². The molecule has 1 aromatic carbocycles. The van der Waals surface area contributed by atoms with Gasteiger partial charge in [-0.3, -0.25) is 0 Å². The number of hydrogen-bond acceptors (Lipinski definition) is 2. The first-order valence-corrected chi connectivity index (χ1v) is 7.21. The first kappa shape index (κ1) is 14.1. The van der Waals surface area contributed by atoms with Crippen molar-refractivity contribution in [1.82, 2.24) is 14.9 Å². The van der Waals surface area contributed by atoms with E-state index in [9.17, 15) is 0 Å². The number of aromatic nitrogens is 2. The number of nitrogens with zero attached hydrogens (tertiary/aromatic N) is 2. The maximum atomic E-state index is 4.74. The van der Waals surface area contributed by atoms with Crippen LogP contribution in [0.2, 0.25) is 0 Å². The Morgan fingerprint density at radius 2 is 1.95 bits per heavy atom. The first-order chi connectivity index (χ1) is 9.08. The van der Waals surface area contributed by atoms with Crippen LogP contribution in [0.3, 0.4) is 0 Å². The predicted molar refractivity (Wildman–Crippen MR) is 81.3 cm³/mol. The van der Waals surface area contributed by atoms with Gasteiger partial charge in [-0.15, -0.1) is 0 Å². The zero-order chi connectivity index (χ0) is 13.8. The topological polar surface area (TPSA) is 29.9 Å². The largest absolute Gasteiger partial charge is 0.331 e. The number of hydrogen-bond donors (Lipinski definition) is 1. The maximum Gasteiger partial charge on any atom is 0.109 e. The van der Waals surface area contributed by atoms with Gasteiger partial charge in [-0.1, -0.05) is 32.9 Å². The Hall–Kier alpha value is -1.35. The minimum atomic E-state index is 0.572. The van der Waals surface area contributed by atoms with Crippen LogP contribution < -0.4 is 5.32 Å². The van der Waals surface area contributed by atoms with Gasteiger partial charge in [0.2, 0.25) is 0 Å². The van der Waals surface area contributed by atoms with Gasteiger partial charge in [0.15, 0.2) is 0 Å². The van der Waals surface area contributed by atoms with Crippen molar-refractivity contribution in [2.75, 3.05) is 6.54 Å². The van der Waals surface area contributed by atoms with Crippen molar-refractivity contribution in [1.29, 1.82) is 0 Å². The van der Waals surface area contributed by atoms with E-state index in [1.165, 1.54) is 17.8 Å². The summed E-state index contributed by atoms with van der Waals surface area (Å²) in [5.41, 5.74) is 2.33. The fraction of sp³-hybridized carbons (Fsp3) is 0.562. The molecule has 0 bridgehead atoms. The molecule has 19 heavy (non-hydrogen) atoms. The highest BCUT2D eigenvalue weighted by Crippen LogP contribution is 2.17. The molecule has 1 unspecified atom stereocenters. The minimum absolute atomic E-state index is 0.572. The van der Waals surface area contributed by atoms with Gasteiger partial charge in [0, 0.05) is 19.5 Å². The van der Waals surface area contributed by atoms with E-state index in [0.29, 0.717) is 12.0 Å². The Balaban J connectivity index is 1.99. The van der Waals surface area contributed by atoms with E-state index in [-0.39, 0.29) is 0 Å². The number of rotatable bonds is 6. The molecule has 3 nitrogen and oxygen atoms in total. The van der Waals surface area contributed by atoms with E-state index in [1.54, 1.807) is 0 Å². The van der Waals surface area contributed by atoms with Gasteiger partial charge in [-0.05, 0) is 31.0 Å². The van der Waals surface area contributed by atoms with Crippen LogP contribution in [0.25, 0.3) is 11.0 Å². The van der Waals surface area contributed by atoms with Crippen LogP contribution in [0.5, 0.6) is 0 Å². The van der Waals surface area contributed by atoms with E-state index >= 15 is 0 Å². The van der Waals surface area contributed by atoms with Crippen molar-refractivity contribution in [2.45, 2.75) is 39.7 Å². The molecule has 2 rings (SSSR count). The molecule has 0 aliphatic rings. The Labute approximate surface area is 116 Å². The molecule has 0 fully saturated rings. The molecular weight excluding hydrogens is 234 g/mol. The first-order valence-electron chi connectivity index (χ1n) is 7.21. The molecule has 1 atom stereocenters. The van der Waals surface area contributed by atoms with Gasteiger partial charge < -0.3 is 9.88 Å². The van der Waals surface area contributed by atoms with Crippen molar-refractivity contribution in [2.24, 2.45) is 13.0 Å². The highest BCUT2D eigenvalue weighted by molar-refractivity contribution is 5.75. The molecule has 0 saturated heterocycles. The number of nitrogens with one attached hydrogen (secondary N) is 1. The fourth-order valence-corrected chi connectivity index (χ4v) is 2.41. The summed E-state index contributed by atoms with van der Waals surface area (Å²) < 4.78 is 2.22. The van der Waals surface area contributed by atoms with E-state index < -0.39 is 0 Å². The van der Waals surface area contributed by atoms with Crippen molar-refractivity contribution in [3.63, 3.8) is 0 Å². The molecule has 104 valence electrons. The molecule has 2 aromatic rings. The lowest BCUT2D eigenvalue weighted by atomic mass is 10.0. The van der Waals surface area contributed by atoms with E-state index in [2.05, 4.69) is 62.0 Å². The summed E-state index contributed by atoms with van der Waals surface area (Å²) in [5.74, 6) is 1.85. The molecule has 0 aliphatic heterocycles. The lowest BCUT2D eigenvalue weighted by molar-refractivity contribution is 0.465. The van der Waals surface area contributed by atoms with Crippen LogP contribution in [-0.4, -0.2) is 22.1 Å². The molecule has 0 amide bonds. The Morgan fingerprint density at radius 1 is 1.21 bits per heavy atom. The molecule has 0 aliphatic carbocycles. The smallest absolute Gasteiger partial charge is 0.109 e. The van der Waals surface area contributed by atoms with Crippen molar-refractivity contribution >= 4 is 11.0 Å². The normalized spacial score (nSPS) is 13.3.